The lowest BCUT2D eigenvalue weighted by atomic mass is 10.1. The maximum Gasteiger partial charge on any atom is 0.276 e. The van der Waals surface area contributed by atoms with E-state index in [0.717, 1.165) is 24.3 Å². The van der Waals surface area contributed by atoms with Crippen LogP contribution in [-0.4, -0.2) is 53.1 Å². The van der Waals surface area contributed by atoms with Crippen molar-refractivity contribution in [3.05, 3.63) is 39.1 Å². The van der Waals surface area contributed by atoms with Crippen molar-refractivity contribution in [2.45, 2.75) is 32.6 Å². The number of aromatic amines is 1. The molecule has 3 rings (SSSR count). The van der Waals surface area contributed by atoms with Crippen molar-refractivity contribution in [2.24, 2.45) is 0 Å². The first-order valence-electron chi connectivity index (χ1n) is 8.53. The lowest BCUT2D eigenvalue weighted by Gasteiger charge is -2.18. The van der Waals surface area contributed by atoms with Crippen LogP contribution in [0.4, 0.5) is 5.95 Å². The van der Waals surface area contributed by atoms with Crippen LogP contribution in [0.1, 0.15) is 40.9 Å². The molecule has 0 atom stereocenters. The number of nitrogens with one attached hydrogen (secondary N) is 1. The summed E-state index contributed by atoms with van der Waals surface area (Å²) in [5.41, 5.74) is 1.61. The Balaban J connectivity index is 1.78. The number of fused-ring (bicyclic) bond motifs is 1. The number of hydrogen-bond acceptors (Lipinski definition) is 6. The molecular weight excluding hydrogens is 322 g/mol. The highest BCUT2D eigenvalue weighted by Crippen LogP contribution is 2.15. The maximum absolute atomic E-state index is 12.7. The Morgan fingerprint density at radius 2 is 2.12 bits per heavy atom. The molecular formula is C17H23N5O3. The van der Waals surface area contributed by atoms with Gasteiger partial charge in [-0.05, 0) is 12.8 Å². The van der Waals surface area contributed by atoms with Crippen molar-refractivity contribution >= 4 is 11.9 Å². The Kier molecular flexibility index (Phi) is 4.87. The second kappa shape index (κ2) is 7.08. The van der Waals surface area contributed by atoms with Crippen molar-refractivity contribution in [3.8, 4) is 0 Å². The fraction of sp³-hybridized carbons (Fsp3) is 0.529. The number of hydrogen-bond donors (Lipinski definition) is 1. The molecule has 2 aromatic heterocycles. The van der Waals surface area contributed by atoms with E-state index in [1.165, 1.54) is 0 Å². The third-order valence-corrected chi connectivity index (χ3v) is 4.32. The molecule has 2 aromatic rings. The standard InChI is InChI=1S/C17H23N5O3/c1-4-5-11-10-14(20-25-11)16(24)22-8-6-12-13(7-9-22)18-17(21(2)3)19-15(12)23/h10H,4-9H2,1-3H3,(H,18,19,23). The van der Waals surface area contributed by atoms with Crippen LogP contribution in [0, 0.1) is 0 Å². The van der Waals surface area contributed by atoms with Crippen LogP contribution in [-0.2, 0) is 19.3 Å². The van der Waals surface area contributed by atoms with Gasteiger partial charge in [-0.25, -0.2) is 4.98 Å². The molecule has 0 fully saturated rings. The first kappa shape index (κ1) is 17.2. The summed E-state index contributed by atoms with van der Waals surface area (Å²) in [7, 11) is 3.66. The predicted molar refractivity (Wildman–Crippen MR) is 93.0 cm³/mol. The minimum Gasteiger partial charge on any atom is -0.361 e. The maximum atomic E-state index is 12.7. The van der Waals surface area contributed by atoms with Crippen LogP contribution >= 0.6 is 0 Å². The third-order valence-electron chi connectivity index (χ3n) is 4.32. The fourth-order valence-corrected chi connectivity index (χ4v) is 2.95. The first-order chi connectivity index (χ1) is 12.0. The van der Waals surface area contributed by atoms with Crippen LogP contribution in [0.2, 0.25) is 0 Å². The van der Waals surface area contributed by atoms with Gasteiger partial charge in [0, 0.05) is 51.7 Å². The van der Waals surface area contributed by atoms with Gasteiger partial charge in [0.05, 0.1) is 5.69 Å². The van der Waals surface area contributed by atoms with E-state index in [9.17, 15) is 9.59 Å². The van der Waals surface area contributed by atoms with E-state index in [-0.39, 0.29) is 11.5 Å². The summed E-state index contributed by atoms with van der Waals surface area (Å²) in [6, 6.07) is 1.71. The lowest BCUT2D eigenvalue weighted by Crippen LogP contribution is -2.33. The molecule has 0 bridgehead atoms. The molecule has 0 saturated heterocycles. The summed E-state index contributed by atoms with van der Waals surface area (Å²) >= 11 is 0. The molecule has 1 aliphatic rings. The third kappa shape index (κ3) is 3.57. The van der Waals surface area contributed by atoms with E-state index in [0.29, 0.717) is 43.1 Å². The molecule has 0 unspecified atom stereocenters. The summed E-state index contributed by atoms with van der Waals surface area (Å²) in [4.78, 5) is 35.8. The van der Waals surface area contributed by atoms with E-state index >= 15 is 0 Å². The number of carbonyl (C=O) groups is 1. The number of amides is 1. The van der Waals surface area contributed by atoms with Crippen molar-refractivity contribution in [1.29, 1.82) is 0 Å². The molecule has 0 aromatic carbocycles. The van der Waals surface area contributed by atoms with Crippen molar-refractivity contribution in [2.75, 3.05) is 32.1 Å². The summed E-state index contributed by atoms with van der Waals surface area (Å²) in [5, 5.41) is 3.89. The zero-order valence-corrected chi connectivity index (χ0v) is 14.8. The molecule has 0 radical (unpaired) electrons. The molecule has 0 saturated carbocycles. The molecule has 0 spiro atoms. The van der Waals surface area contributed by atoms with Gasteiger partial charge in [-0.15, -0.1) is 0 Å². The average molecular weight is 345 g/mol. The average Bonchev–Trinajstić information content (AvgIpc) is 2.93. The predicted octanol–water partition coefficient (Wildman–Crippen LogP) is 1.02. The van der Waals surface area contributed by atoms with Gasteiger partial charge in [0.1, 0.15) is 5.76 Å². The Labute approximate surface area is 145 Å². The topological polar surface area (TPSA) is 95.3 Å². The van der Waals surface area contributed by atoms with Crippen molar-refractivity contribution in [3.63, 3.8) is 0 Å². The van der Waals surface area contributed by atoms with Gasteiger partial charge >= 0.3 is 0 Å². The van der Waals surface area contributed by atoms with Crippen LogP contribution in [0.25, 0.3) is 0 Å². The Morgan fingerprint density at radius 1 is 1.36 bits per heavy atom. The molecule has 1 aliphatic heterocycles. The van der Waals surface area contributed by atoms with Gasteiger partial charge in [0.25, 0.3) is 11.5 Å². The number of carbonyl (C=O) groups excluding carboxylic acids is 1. The molecule has 0 aliphatic carbocycles. The number of aromatic nitrogens is 3. The smallest absolute Gasteiger partial charge is 0.276 e. The second-order valence-corrected chi connectivity index (χ2v) is 6.43. The molecule has 1 amide bonds. The van der Waals surface area contributed by atoms with Crippen LogP contribution in [0.15, 0.2) is 15.4 Å². The number of aryl methyl sites for hydroxylation is 1. The Morgan fingerprint density at radius 3 is 2.84 bits per heavy atom. The Hall–Kier alpha value is -2.64. The lowest BCUT2D eigenvalue weighted by molar-refractivity contribution is 0.0752. The normalized spacial score (nSPS) is 14.1. The Bertz CT molecular complexity index is 824. The van der Waals surface area contributed by atoms with Gasteiger partial charge in [-0.2, -0.15) is 0 Å². The monoisotopic (exact) mass is 345 g/mol. The first-order valence-corrected chi connectivity index (χ1v) is 8.53. The number of anilines is 1. The summed E-state index contributed by atoms with van der Waals surface area (Å²) in [6.07, 6.45) is 2.73. The highest BCUT2D eigenvalue weighted by Gasteiger charge is 2.24. The summed E-state index contributed by atoms with van der Waals surface area (Å²) in [6.45, 7) is 3.02. The highest BCUT2D eigenvalue weighted by molar-refractivity contribution is 5.92. The van der Waals surface area contributed by atoms with E-state index < -0.39 is 0 Å². The quantitative estimate of drug-likeness (QED) is 0.889. The highest BCUT2D eigenvalue weighted by atomic mass is 16.5. The van der Waals surface area contributed by atoms with Crippen LogP contribution in [0.5, 0.6) is 0 Å². The van der Waals surface area contributed by atoms with Crippen molar-refractivity contribution in [1.82, 2.24) is 20.0 Å². The number of rotatable bonds is 4. The van der Waals surface area contributed by atoms with Gasteiger partial charge in [-0.1, -0.05) is 12.1 Å². The molecule has 25 heavy (non-hydrogen) atoms. The number of nitrogens with zero attached hydrogens (tertiary/aromatic N) is 4. The molecule has 8 nitrogen and oxygen atoms in total. The molecule has 8 heteroatoms. The van der Waals surface area contributed by atoms with Gasteiger partial charge in [-0.3, -0.25) is 14.6 Å². The van der Waals surface area contributed by atoms with Gasteiger partial charge < -0.3 is 14.3 Å². The van der Waals surface area contributed by atoms with E-state index in [2.05, 4.69) is 15.1 Å². The van der Waals surface area contributed by atoms with E-state index in [1.807, 2.05) is 21.0 Å². The zero-order valence-electron chi connectivity index (χ0n) is 14.8. The van der Waals surface area contributed by atoms with Crippen molar-refractivity contribution < 1.29 is 9.32 Å². The van der Waals surface area contributed by atoms with Crippen LogP contribution in [0.3, 0.4) is 0 Å². The summed E-state index contributed by atoms with van der Waals surface area (Å²) in [5.74, 6) is 1.09. The second-order valence-electron chi connectivity index (χ2n) is 6.43. The van der Waals surface area contributed by atoms with Gasteiger partial charge in [0.15, 0.2) is 5.69 Å². The largest absolute Gasteiger partial charge is 0.361 e. The minimum atomic E-state index is -0.164. The zero-order chi connectivity index (χ0) is 18.0. The minimum absolute atomic E-state index is 0.130. The van der Waals surface area contributed by atoms with E-state index in [1.54, 1.807) is 15.9 Å². The summed E-state index contributed by atoms with van der Waals surface area (Å²) < 4.78 is 5.20. The van der Waals surface area contributed by atoms with Gasteiger partial charge in [0.2, 0.25) is 5.95 Å². The number of H-pyrrole nitrogens is 1. The molecule has 134 valence electrons. The SMILES string of the molecule is CCCc1cc(C(=O)N2CCc3nc(N(C)C)[nH]c(=O)c3CC2)no1. The van der Waals surface area contributed by atoms with Crippen LogP contribution < -0.4 is 10.5 Å². The molecule has 1 N–H and O–H groups in total. The molecule has 3 heterocycles. The van der Waals surface area contributed by atoms with E-state index in [4.69, 9.17) is 4.52 Å². The fourth-order valence-electron chi connectivity index (χ4n) is 2.95.